The maximum atomic E-state index is 12.8. The molecular formula is C23H21NO3. The second-order valence-electron chi connectivity index (χ2n) is 6.17. The molecule has 1 aromatic heterocycles. The highest BCUT2D eigenvalue weighted by Gasteiger charge is 2.26. The first-order valence-corrected chi connectivity index (χ1v) is 8.77. The molecule has 0 bridgehead atoms. The number of carbonyl (C=O) groups excluding carboxylic acids is 2. The van der Waals surface area contributed by atoms with E-state index in [2.05, 4.69) is 11.9 Å². The predicted octanol–water partition coefficient (Wildman–Crippen LogP) is 4.60. The molecule has 1 heterocycles. The molecule has 4 heteroatoms. The highest BCUT2D eigenvalue weighted by Crippen LogP contribution is 2.32. The highest BCUT2D eigenvalue weighted by molar-refractivity contribution is 6.03. The minimum atomic E-state index is -0.269. The minimum absolute atomic E-state index is 0.0636. The predicted molar refractivity (Wildman–Crippen MR) is 106 cm³/mol. The van der Waals surface area contributed by atoms with Crippen LogP contribution in [0.4, 0.5) is 0 Å². The number of nitrogens with one attached hydrogen (secondary N) is 1. The van der Waals surface area contributed by atoms with E-state index in [1.165, 1.54) is 0 Å². The maximum absolute atomic E-state index is 12.8. The molecule has 0 aliphatic rings. The second-order valence-corrected chi connectivity index (χ2v) is 6.17. The van der Waals surface area contributed by atoms with Gasteiger partial charge in [0.25, 0.3) is 5.91 Å². The molecular weight excluding hydrogens is 338 g/mol. The molecule has 0 fully saturated rings. The number of ketones is 1. The summed E-state index contributed by atoms with van der Waals surface area (Å²) in [7, 11) is 0. The summed E-state index contributed by atoms with van der Waals surface area (Å²) in [5.74, 6) is 0.716. The van der Waals surface area contributed by atoms with Gasteiger partial charge in [0.15, 0.2) is 5.78 Å². The van der Waals surface area contributed by atoms with Gasteiger partial charge in [-0.2, -0.15) is 0 Å². The van der Waals surface area contributed by atoms with E-state index in [1.807, 2.05) is 48.5 Å². The van der Waals surface area contributed by atoms with Gasteiger partial charge < -0.3 is 9.73 Å². The number of amides is 1. The molecule has 1 N–H and O–H groups in total. The van der Waals surface area contributed by atoms with E-state index in [0.29, 0.717) is 34.8 Å². The second kappa shape index (κ2) is 8.32. The van der Waals surface area contributed by atoms with Gasteiger partial charge in [-0.15, -0.1) is 6.58 Å². The molecule has 0 aliphatic carbocycles. The average Bonchev–Trinajstić information content (AvgIpc) is 3.03. The first-order valence-electron chi connectivity index (χ1n) is 8.77. The van der Waals surface area contributed by atoms with Crippen molar-refractivity contribution in [3.63, 3.8) is 0 Å². The Hall–Kier alpha value is -3.40. The number of carbonyl (C=O) groups is 2. The highest BCUT2D eigenvalue weighted by atomic mass is 16.3. The van der Waals surface area contributed by atoms with Crippen LogP contribution in [0.1, 0.15) is 32.0 Å². The van der Waals surface area contributed by atoms with Gasteiger partial charge in [-0.25, -0.2) is 0 Å². The van der Waals surface area contributed by atoms with Crippen LogP contribution in [0.2, 0.25) is 0 Å². The summed E-state index contributed by atoms with van der Waals surface area (Å²) in [6.07, 6.45) is 1.70. The smallest absolute Gasteiger partial charge is 0.255 e. The van der Waals surface area contributed by atoms with Crippen LogP contribution in [0.15, 0.2) is 77.7 Å². The molecule has 136 valence electrons. The first kappa shape index (κ1) is 18.4. The van der Waals surface area contributed by atoms with Gasteiger partial charge in [0.2, 0.25) is 0 Å². The number of hydrogen-bond donors (Lipinski definition) is 1. The third-order valence-corrected chi connectivity index (χ3v) is 4.29. The standard InChI is InChI=1S/C23H21NO3/c1-3-14-24-23(26)21-16(2)27-22(18-12-8-5-9-13-18)19(21)15-20(25)17-10-6-4-7-11-17/h3-13H,1,14-15H2,2H3,(H,24,26). The van der Waals surface area contributed by atoms with E-state index >= 15 is 0 Å². The monoisotopic (exact) mass is 359 g/mol. The summed E-state index contributed by atoms with van der Waals surface area (Å²) in [6, 6.07) is 18.6. The van der Waals surface area contributed by atoms with Gasteiger partial charge in [-0.1, -0.05) is 66.7 Å². The van der Waals surface area contributed by atoms with Gasteiger partial charge >= 0.3 is 0 Å². The third kappa shape index (κ3) is 4.06. The van der Waals surface area contributed by atoms with E-state index in [-0.39, 0.29) is 18.1 Å². The van der Waals surface area contributed by atoms with Gasteiger partial charge in [0.05, 0.1) is 5.56 Å². The van der Waals surface area contributed by atoms with Crippen LogP contribution in [0.3, 0.4) is 0 Å². The average molecular weight is 359 g/mol. The van der Waals surface area contributed by atoms with Crippen molar-refractivity contribution in [2.24, 2.45) is 0 Å². The summed E-state index contributed by atoms with van der Waals surface area (Å²) in [5, 5.41) is 2.78. The fourth-order valence-electron chi connectivity index (χ4n) is 3.02. The fourth-order valence-corrected chi connectivity index (χ4v) is 3.02. The topological polar surface area (TPSA) is 59.3 Å². The van der Waals surface area contributed by atoms with Crippen molar-refractivity contribution < 1.29 is 14.0 Å². The van der Waals surface area contributed by atoms with E-state index < -0.39 is 0 Å². The molecule has 1 amide bonds. The van der Waals surface area contributed by atoms with E-state index in [1.54, 1.807) is 25.1 Å². The number of rotatable bonds is 7. The number of furan rings is 1. The Kier molecular flexibility index (Phi) is 5.67. The summed E-state index contributed by atoms with van der Waals surface area (Å²) in [4.78, 5) is 25.5. The molecule has 3 rings (SSSR count). The van der Waals surface area contributed by atoms with Crippen molar-refractivity contribution in [3.8, 4) is 11.3 Å². The molecule has 4 nitrogen and oxygen atoms in total. The molecule has 0 saturated carbocycles. The normalized spacial score (nSPS) is 10.4. The van der Waals surface area contributed by atoms with Crippen LogP contribution in [0.5, 0.6) is 0 Å². The van der Waals surface area contributed by atoms with Gasteiger partial charge in [-0.05, 0) is 6.92 Å². The Morgan fingerprint density at radius 2 is 1.67 bits per heavy atom. The Balaban J connectivity index is 2.06. The van der Waals surface area contributed by atoms with Crippen LogP contribution in [0.25, 0.3) is 11.3 Å². The zero-order valence-electron chi connectivity index (χ0n) is 15.2. The van der Waals surface area contributed by atoms with Crippen LogP contribution < -0.4 is 5.32 Å². The fraction of sp³-hybridized carbons (Fsp3) is 0.130. The van der Waals surface area contributed by atoms with Crippen LogP contribution >= 0.6 is 0 Å². The van der Waals surface area contributed by atoms with Crippen molar-refractivity contribution >= 4 is 11.7 Å². The lowest BCUT2D eigenvalue weighted by Gasteiger charge is -2.07. The van der Waals surface area contributed by atoms with Gasteiger partial charge in [0.1, 0.15) is 11.5 Å². The van der Waals surface area contributed by atoms with Crippen LogP contribution in [0, 0.1) is 6.92 Å². The molecule has 0 aliphatic heterocycles. The Bertz CT molecular complexity index is 956. The lowest BCUT2D eigenvalue weighted by Crippen LogP contribution is -2.25. The maximum Gasteiger partial charge on any atom is 0.255 e. The molecule has 0 saturated heterocycles. The Morgan fingerprint density at radius 3 is 2.30 bits per heavy atom. The van der Waals surface area contributed by atoms with Crippen LogP contribution in [-0.4, -0.2) is 18.2 Å². The number of hydrogen-bond acceptors (Lipinski definition) is 3. The van der Waals surface area contributed by atoms with Gasteiger partial charge in [-0.3, -0.25) is 9.59 Å². The summed E-state index contributed by atoms with van der Waals surface area (Å²) < 4.78 is 5.93. The molecule has 0 radical (unpaired) electrons. The van der Waals surface area contributed by atoms with Crippen LogP contribution in [-0.2, 0) is 6.42 Å². The Morgan fingerprint density at radius 1 is 1.04 bits per heavy atom. The van der Waals surface area contributed by atoms with E-state index in [4.69, 9.17) is 4.42 Å². The van der Waals surface area contributed by atoms with Crippen molar-refractivity contribution in [2.75, 3.05) is 6.54 Å². The Labute approximate surface area is 158 Å². The van der Waals surface area contributed by atoms with Crippen molar-refractivity contribution in [1.82, 2.24) is 5.32 Å². The number of aryl methyl sites for hydroxylation is 1. The minimum Gasteiger partial charge on any atom is -0.460 e. The zero-order valence-corrected chi connectivity index (χ0v) is 15.2. The summed E-state index contributed by atoms with van der Waals surface area (Å²) >= 11 is 0. The van der Waals surface area contributed by atoms with E-state index in [9.17, 15) is 9.59 Å². The zero-order chi connectivity index (χ0) is 19.2. The number of benzene rings is 2. The quantitative estimate of drug-likeness (QED) is 0.495. The number of Topliss-reactive ketones (excluding diaryl/α,β-unsaturated/α-hetero) is 1. The molecule has 0 spiro atoms. The molecule has 0 atom stereocenters. The molecule has 27 heavy (non-hydrogen) atoms. The molecule has 2 aromatic carbocycles. The lowest BCUT2D eigenvalue weighted by atomic mass is 9.96. The van der Waals surface area contributed by atoms with E-state index in [0.717, 1.165) is 5.56 Å². The largest absolute Gasteiger partial charge is 0.460 e. The SMILES string of the molecule is C=CCNC(=O)c1c(C)oc(-c2ccccc2)c1CC(=O)c1ccccc1. The molecule has 3 aromatic rings. The van der Waals surface area contributed by atoms with Crippen molar-refractivity contribution in [2.45, 2.75) is 13.3 Å². The summed E-state index contributed by atoms with van der Waals surface area (Å²) in [5.41, 5.74) is 2.46. The van der Waals surface area contributed by atoms with Crippen molar-refractivity contribution in [3.05, 3.63) is 95.8 Å². The summed E-state index contributed by atoms with van der Waals surface area (Å²) in [6.45, 7) is 5.71. The van der Waals surface area contributed by atoms with Crippen molar-refractivity contribution in [1.29, 1.82) is 0 Å². The third-order valence-electron chi connectivity index (χ3n) is 4.29. The first-order chi connectivity index (χ1) is 13.1. The van der Waals surface area contributed by atoms with Gasteiger partial charge in [0, 0.05) is 29.7 Å². The lowest BCUT2D eigenvalue weighted by molar-refractivity contribution is 0.0955. The molecule has 0 unspecified atom stereocenters.